The molecule has 37 heavy (non-hydrogen) atoms. The van der Waals surface area contributed by atoms with Crippen molar-refractivity contribution in [1.82, 2.24) is 9.78 Å². The monoisotopic (exact) mass is 507 g/mol. The second-order valence-corrected chi connectivity index (χ2v) is 10.4. The largest absolute Gasteiger partial charge is 0.391 e. The third kappa shape index (κ3) is 3.59. The number of allylic oxidation sites excluding steroid dienone is 1. The van der Waals surface area contributed by atoms with E-state index in [0.29, 0.717) is 22.8 Å². The van der Waals surface area contributed by atoms with Gasteiger partial charge in [0.1, 0.15) is 5.92 Å². The van der Waals surface area contributed by atoms with E-state index >= 15 is 0 Å². The SMILES string of the molecule is Cc1[nH]n(-c2ccccc2)c(=O)c1C1C(=O)N(c2ccccc2)C2=C1C(=O)CC1(C2)CC(C(F)(F)F)C1. The second kappa shape index (κ2) is 8.06. The molecule has 1 aromatic heterocycles. The summed E-state index contributed by atoms with van der Waals surface area (Å²) in [5.41, 5.74) is 1.15. The Kier molecular flexibility index (Phi) is 5.12. The van der Waals surface area contributed by atoms with Gasteiger partial charge >= 0.3 is 6.18 Å². The third-order valence-electron chi connectivity index (χ3n) is 7.97. The number of benzene rings is 2. The fourth-order valence-electron chi connectivity index (χ4n) is 6.31. The van der Waals surface area contributed by atoms with E-state index in [9.17, 15) is 27.6 Å². The lowest BCUT2D eigenvalue weighted by molar-refractivity contribution is -0.223. The van der Waals surface area contributed by atoms with Crippen molar-refractivity contribution in [2.24, 2.45) is 11.3 Å². The number of carbonyl (C=O) groups excluding carboxylic acids is 2. The van der Waals surface area contributed by atoms with Crippen molar-refractivity contribution in [3.63, 3.8) is 0 Å². The van der Waals surface area contributed by atoms with Crippen LogP contribution >= 0.6 is 0 Å². The van der Waals surface area contributed by atoms with Crippen molar-refractivity contribution >= 4 is 17.4 Å². The molecule has 2 heterocycles. The molecule has 1 N–H and O–H groups in total. The number of nitrogens with one attached hydrogen (secondary N) is 1. The van der Waals surface area contributed by atoms with E-state index in [1.54, 1.807) is 61.5 Å². The molecule has 190 valence electrons. The van der Waals surface area contributed by atoms with Gasteiger partial charge in [-0.05, 0) is 55.9 Å². The van der Waals surface area contributed by atoms with Gasteiger partial charge in [-0.3, -0.25) is 24.4 Å². The first kappa shape index (κ1) is 23.5. The highest BCUT2D eigenvalue weighted by Crippen LogP contribution is 2.61. The van der Waals surface area contributed by atoms with Gasteiger partial charge in [0.05, 0.1) is 17.2 Å². The summed E-state index contributed by atoms with van der Waals surface area (Å²) in [5, 5.41) is 3.03. The predicted octanol–water partition coefficient (Wildman–Crippen LogP) is 5.18. The Morgan fingerprint density at radius 2 is 1.49 bits per heavy atom. The molecule has 1 fully saturated rings. The summed E-state index contributed by atoms with van der Waals surface area (Å²) in [6.45, 7) is 1.68. The molecule has 2 aliphatic carbocycles. The molecular weight excluding hydrogens is 483 g/mol. The molecular formula is C28H24F3N3O3. The van der Waals surface area contributed by atoms with Crippen molar-refractivity contribution in [1.29, 1.82) is 0 Å². The molecule has 6 nitrogen and oxygen atoms in total. The minimum absolute atomic E-state index is 0.0544. The average Bonchev–Trinajstić information content (AvgIpc) is 3.29. The number of hydrogen-bond acceptors (Lipinski definition) is 3. The van der Waals surface area contributed by atoms with Gasteiger partial charge in [-0.2, -0.15) is 13.2 Å². The van der Waals surface area contributed by atoms with Crippen molar-refractivity contribution in [3.05, 3.63) is 93.5 Å². The summed E-state index contributed by atoms with van der Waals surface area (Å²) in [4.78, 5) is 42.6. The van der Waals surface area contributed by atoms with Crippen molar-refractivity contribution < 1.29 is 22.8 Å². The van der Waals surface area contributed by atoms with Gasteiger partial charge in [-0.15, -0.1) is 0 Å². The van der Waals surface area contributed by atoms with Crippen LogP contribution in [0, 0.1) is 18.3 Å². The number of carbonyl (C=O) groups is 2. The standard InChI is InChI=1S/C28H24F3N3O3/c1-16-22(26(37)34(32-16)19-10-6-3-7-11-19)24-23-20(33(25(24)36)18-8-4-2-5-9-18)14-27(15-21(23)35)12-17(13-27)28(29,30)31/h2-11,17,24,32H,12-15H2,1H3. The zero-order valence-electron chi connectivity index (χ0n) is 20.0. The number of halogens is 3. The van der Waals surface area contributed by atoms with Gasteiger partial charge in [0.15, 0.2) is 5.78 Å². The van der Waals surface area contributed by atoms with E-state index in [1.807, 2.05) is 6.07 Å². The fraction of sp³-hybridized carbons (Fsp3) is 0.321. The number of anilines is 1. The molecule has 3 aromatic rings. The van der Waals surface area contributed by atoms with Crippen LogP contribution in [0.1, 0.15) is 42.9 Å². The zero-order chi connectivity index (χ0) is 26.1. The molecule has 9 heteroatoms. The van der Waals surface area contributed by atoms with Gasteiger partial charge in [-0.25, -0.2) is 4.68 Å². The van der Waals surface area contributed by atoms with Crippen molar-refractivity contribution in [2.75, 3.05) is 4.90 Å². The van der Waals surface area contributed by atoms with E-state index in [-0.39, 0.29) is 42.6 Å². The summed E-state index contributed by atoms with van der Waals surface area (Å²) in [6, 6.07) is 17.6. The third-order valence-corrected chi connectivity index (χ3v) is 7.97. The molecule has 0 saturated heterocycles. The number of amides is 1. The summed E-state index contributed by atoms with van der Waals surface area (Å²) in [7, 11) is 0. The lowest BCUT2D eigenvalue weighted by Crippen LogP contribution is -2.48. The molecule has 0 radical (unpaired) electrons. The topological polar surface area (TPSA) is 75.2 Å². The molecule has 3 aliphatic rings. The van der Waals surface area contributed by atoms with Gasteiger partial charge in [0, 0.05) is 29.1 Å². The number of para-hydroxylation sites is 2. The van der Waals surface area contributed by atoms with Crippen LogP contribution in [-0.2, 0) is 9.59 Å². The quantitative estimate of drug-likeness (QED) is 0.531. The molecule has 1 amide bonds. The normalized spacial score (nSPS) is 25.6. The molecule has 1 spiro atoms. The Hall–Kier alpha value is -3.88. The first-order chi connectivity index (χ1) is 17.6. The predicted molar refractivity (Wildman–Crippen MR) is 130 cm³/mol. The maximum atomic E-state index is 14.0. The molecule has 6 rings (SSSR count). The minimum Gasteiger partial charge on any atom is -0.295 e. The van der Waals surface area contributed by atoms with Crippen LogP contribution in [0.3, 0.4) is 0 Å². The highest BCUT2D eigenvalue weighted by molar-refractivity contribution is 6.16. The van der Waals surface area contributed by atoms with Gasteiger partial charge in [0.25, 0.3) is 5.56 Å². The van der Waals surface area contributed by atoms with Crippen molar-refractivity contribution in [2.45, 2.75) is 44.7 Å². The maximum Gasteiger partial charge on any atom is 0.391 e. The summed E-state index contributed by atoms with van der Waals surface area (Å²) in [5.74, 6) is -3.35. The molecule has 2 aromatic carbocycles. The lowest BCUT2D eigenvalue weighted by atomic mass is 9.55. The maximum absolute atomic E-state index is 14.0. The summed E-state index contributed by atoms with van der Waals surface area (Å²) < 4.78 is 41.3. The van der Waals surface area contributed by atoms with Crippen LogP contribution in [-0.4, -0.2) is 27.6 Å². The Balaban J connectivity index is 1.48. The van der Waals surface area contributed by atoms with Crippen LogP contribution < -0.4 is 10.5 Å². The Labute approximate surface area is 210 Å². The summed E-state index contributed by atoms with van der Waals surface area (Å²) >= 11 is 0. The molecule has 1 aliphatic heterocycles. The number of rotatable bonds is 3. The molecule has 1 saturated carbocycles. The van der Waals surface area contributed by atoms with E-state index < -0.39 is 34.9 Å². The second-order valence-electron chi connectivity index (χ2n) is 10.4. The van der Waals surface area contributed by atoms with Gasteiger partial charge in [-0.1, -0.05) is 36.4 Å². The number of aryl methyl sites for hydroxylation is 1. The molecule has 1 atom stereocenters. The summed E-state index contributed by atoms with van der Waals surface area (Å²) in [6.07, 6.45) is -4.44. The Morgan fingerprint density at radius 3 is 2.08 bits per heavy atom. The van der Waals surface area contributed by atoms with E-state index in [4.69, 9.17) is 0 Å². The average molecular weight is 508 g/mol. The fourth-order valence-corrected chi connectivity index (χ4v) is 6.31. The van der Waals surface area contributed by atoms with Gasteiger partial charge < -0.3 is 0 Å². The van der Waals surface area contributed by atoms with Gasteiger partial charge in [0.2, 0.25) is 5.91 Å². The van der Waals surface area contributed by atoms with Crippen molar-refractivity contribution in [3.8, 4) is 5.69 Å². The number of alkyl halides is 3. The van der Waals surface area contributed by atoms with E-state index in [1.165, 1.54) is 9.58 Å². The molecule has 0 bridgehead atoms. The number of aromatic nitrogens is 2. The Bertz CT molecular complexity index is 1500. The number of Topliss-reactive ketones (excluding diaryl/α,β-unsaturated/α-hetero) is 1. The van der Waals surface area contributed by atoms with Crippen LogP contribution in [0.15, 0.2) is 76.7 Å². The van der Waals surface area contributed by atoms with Crippen LogP contribution in [0.2, 0.25) is 0 Å². The number of nitrogens with zero attached hydrogens (tertiary/aromatic N) is 2. The highest BCUT2D eigenvalue weighted by Gasteiger charge is 2.60. The van der Waals surface area contributed by atoms with E-state index in [0.717, 1.165) is 0 Å². The first-order valence-electron chi connectivity index (χ1n) is 12.2. The van der Waals surface area contributed by atoms with Crippen LogP contribution in [0.25, 0.3) is 5.69 Å². The van der Waals surface area contributed by atoms with Crippen LogP contribution in [0.5, 0.6) is 0 Å². The number of ketones is 1. The van der Waals surface area contributed by atoms with Crippen LogP contribution in [0.4, 0.5) is 18.9 Å². The zero-order valence-corrected chi connectivity index (χ0v) is 20.0. The lowest BCUT2D eigenvalue weighted by Gasteiger charge is -2.50. The first-order valence-corrected chi connectivity index (χ1v) is 12.2. The number of aromatic amines is 1. The van der Waals surface area contributed by atoms with E-state index in [2.05, 4.69) is 5.10 Å². The smallest absolute Gasteiger partial charge is 0.295 e. The number of hydrogen-bond donors (Lipinski definition) is 1. The minimum atomic E-state index is -4.30. The highest BCUT2D eigenvalue weighted by atomic mass is 19.4. The molecule has 1 unspecified atom stereocenters. The Morgan fingerprint density at radius 1 is 0.892 bits per heavy atom. The number of H-pyrrole nitrogens is 1.